The lowest BCUT2D eigenvalue weighted by Gasteiger charge is -2.11. The number of aromatic nitrogens is 2. The van der Waals surface area contributed by atoms with E-state index in [0.29, 0.717) is 17.9 Å². The maximum absolute atomic E-state index is 11.7. The van der Waals surface area contributed by atoms with Gasteiger partial charge in [-0.3, -0.25) is 4.68 Å². The van der Waals surface area contributed by atoms with Gasteiger partial charge in [0.25, 0.3) is 0 Å². The molecule has 3 rings (SSSR count). The van der Waals surface area contributed by atoms with Crippen molar-refractivity contribution in [3.63, 3.8) is 0 Å². The van der Waals surface area contributed by atoms with Crippen LogP contribution in [0.1, 0.15) is 23.0 Å². The number of furan rings is 1. The molecule has 0 radical (unpaired) electrons. The molecule has 0 spiro atoms. The highest BCUT2D eigenvalue weighted by Crippen LogP contribution is 2.30. The van der Waals surface area contributed by atoms with Gasteiger partial charge in [-0.15, -0.1) is 0 Å². The summed E-state index contributed by atoms with van der Waals surface area (Å²) in [6, 6.07) is 4.71. The van der Waals surface area contributed by atoms with Crippen LogP contribution in [-0.2, 0) is 14.6 Å². The third-order valence-corrected chi connectivity index (χ3v) is 5.21. The largest absolute Gasteiger partial charge is 0.464 e. The predicted octanol–water partition coefficient (Wildman–Crippen LogP) is 1.29. The van der Waals surface area contributed by atoms with Crippen LogP contribution in [-0.4, -0.2) is 42.8 Å². The zero-order valence-electron chi connectivity index (χ0n) is 11.4. The zero-order chi connectivity index (χ0) is 15.0. The molecule has 1 saturated heterocycles. The Morgan fingerprint density at radius 1 is 1.52 bits per heavy atom. The third-order valence-electron chi connectivity index (χ3n) is 3.46. The van der Waals surface area contributed by atoms with Gasteiger partial charge in [-0.2, -0.15) is 5.10 Å². The van der Waals surface area contributed by atoms with Crippen LogP contribution < -0.4 is 0 Å². The summed E-state index contributed by atoms with van der Waals surface area (Å²) < 4.78 is 34.9. The number of rotatable bonds is 3. The van der Waals surface area contributed by atoms with Crippen LogP contribution in [0.25, 0.3) is 11.5 Å². The monoisotopic (exact) mass is 310 g/mol. The molecule has 112 valence electrons. The fourth-order valence-electron chi connectivity index (χ4n) is 2.45. The summed E-state index contributed by atoms with van der Waals surface area (Å²) in [7, 11) is -1.78. The van der Waals surface area contributed by atoms with E-state index >= 15 is 0 Å². The second kappa shape index (κ2) is 5.03. The minimum atomic E-state index is -3.05. The fraction of sp³-hybridized carbons (Fsp3) is 0.385. The Bertz CT molecular complexity index is 761. The van der Waals surface area contributed by atoms with Crippen molar-refractivity contribution in [1.82, 2.24) is 9.78 Å². The molecular weight excluding hydrogens is 296 g/mol. The van der Waals surface area contributed by atoms with E-state index in [-0.39, 0.29) is 23.2 Å². The molecule has 0 aromatic carbocycles. The number of nitrogens with zero attached hydrogens (tertiary/aromatic N) is 2. The second-order valence-electron chi connectivity index (χ2n) is 4.89. The molecule has 0 N–H and O–H groups in total. The minimum absolute atomic E-state index is 0.0169. The molecule has 8 heteroatoms. The number of ether oxygens (including phenoxy) is 1. The number of methoxy groups -OCH3 is 1. The molecule has 0 unspecified atom stereocenters. The first kappa shape index (κ1) is 13.9. The lowest BCUT2D eigenvalue weighted by atomic mass is 10.2. The summed E-state index contributed by atoms with van der Waals surface area (Å²) >= 11 is 0. The van der Waals surface area contributed by atoms with Crippen molar-refractivity contribution >= 4 is 15.8 Å². The van der Waals surface area contributed by atoms with Gasteiger partial charge in [0.15, 0.2) is 21.3 Å². The second-order valence-corrected chi connectivity index (χ2v) is 7.11. The van der Waals surface area contributed by atoms with Gasteiger partial charge in [0.1, 0.15) is 5.69 Å². The van der Waals surface area contributed by atoms with Gasteiger partial charge < -0.3 is 9.15 Å². The Hall–Kier alpha value is -2.09. The average Bonchev–Trinajstić information content (AvgIpc) is 3.14. The van der Waals surface area contributed by atoms with Crippen molar-refractivity contribution in [1.29, 1.82) is 0 Å². The lowest BCUT2D eigenvalue weighted by molar-refractivity contribution is 0.0592. The normalized spacial score (nSPS) is 20.5. The number of carbonyl (C=O) groups excluding carboxylic acids is 1. The first-order valence-corrected chi connectivity index (χ1v) is 8.24. The van der Waals surface area contributed by atoms with E-state index in [1.54, 1.807) is 22.9 Å². The number of hydrogen-bond acceptors (Lipinski definition) is 6. The van der Waals surface area contributed by atoms with Crippen LogP contribution in [0.2, 0.25) is 0 Å². The lowest BCUT2D eigenvalue weighted by Crippen LogP contribution is -2.14. The van der Waals surface area contributed by atoms with Crippen LogP contribution in [0.3, 0.4) is 0 Å². The Morgan fingerprint density at radius 3 is 2.90 bits per heavy atom. The van der Waals surface area contributed by atoms with E-state index in [1.807, 2.05) is 0 Å². The molecule has 2 aromatic rings. The molecule has 0 saturated carbocycles. The maximum Gasteiger partial charge on any atom is 0.358 e. The average molecular weight is 310 g/mol. The summed E-state index contributed by atoms with van der Waals surface area (Å²) in [5.41, 5.74) is 0.704. The highest BCUT2D eigenvalue weighted by molar-refractivity contribution is 7.91. The van der Waals surface area contributed by atoms with Crippen LogP contribution in [0.4, 0.5) is 0 Å². The Kier molecular flexibility index (Phi) is 3.32. The van der Waals surface area contributed by atoms with Crippen molar-refractivity contribution in [2.24, 2.45) is 0 Å². The first-order chi connectivity index (χ1) is 10.00. The van der Waals surface area contributed by atoms with E-state index < -0.39 is 15.8 Å². The number of sulfone groups is 1. The van der Waals surface area contributed by atoms with Gasteiger partial charge in [-0.25, -0.2) is 13.2 Å². The molecule has 0 bridgehead atoms. The standard InChI is InChI=1S/C13H14N2O5S/c1-19-13(16)10-7-11(12-3-2-5-20-12)15(14-10)9-4-6-21(17,18)8-9/h2-3,5,7,9H,4,6,8H2,1H3/t9-/m1/s1. The summed E-state index contributed by atoms with van der Waals surface area (Å²) in [5, 5.41) is 4.20. The van der Waals surface area contributed by atoms with Crippen LogP contribution in [0, 0.1) is 0 Å². The molecular formula is C13H14N2O5S. The molecule has 21 heavy (non-hydrogen) atoms. The molecule has 1 fully saturated rings. The molecule has 0 aliphatic carbocycles. The van der Waals surface area contributed by atoms with Gasteiger partial charge in [0.2, 0.25) is 0 Å². The molecule has 3 heterocycles. The van der Waals surface area contributed by atoms with Crippen molar-refractivity contribution in [2.75, 3.05) is 18.6 Å². The molecule has 7 nitrogen and oxygen atoms in total. The summed E-state index contributed by atoms with van der Waals surface area (Å²) in [5.74, 6) is 0.107. The van der Waals surface area contributed by atoms with Crippen LogP contribution in [0.5, 0.6) is 0 Å². The van der Waals surface area contributed by atoms with Gasteiger partial charge in [0.05, 0.1) is 30.9 Å². The SMILES string of the molecule is COC(=O)c1cc(-c2ccco2)n([C@@H]2CCS(=O)(=O)C2)n1. The molecule has 0 amide bonds. The molecule has 2 aromatic heterocycles. The van der Waals surface area contributed by atoms with Crippen molar-refractivity contribution < 1.29 is 22.4 Å². The van der Waals surface area contributed by atoms with Crippen LogP contribution >= 0.6 is 0 Å². The van der Waals surface area contributed by atoms with E-state index in [2.05, 4.69) is 9.84 Å². The Morgan fingerprint density at radius 2 is 2.33 bits per heavy atom. The van der Waals surface area contributed by atoms with E-state index in [9.17, 15) is 13.2 Å². The summed E-state index contributed by atoms with van der Waals surface area (Å²) in [6.45, 7) is 0. The van der Waals surface area contributed by atoms with Crippen molar-refractivity contribution in [2.45, 2.75) is 12.5 Å². The summed E-state index contributed by atoms with van der Waals surface area (Å²) in [4.78, 5) is 11.6. The third kappa shape index (κ3) is 2.58. The van der Waals surface area contributed by atoms with Crippen molar-refractivity contribution in [3.05, 3.63) is 30.2 Å². The Labute approximate surface area is 121 Å². The number of esters is 1. The van der Waals surface area contributed by atoms with Crippen LogP contribution in [0.15, 0.2) is 28.9 Å². The van der Waals surface area contributed by atoms with Gasteiger partial charge in [0, 0.05) is 6.07 Å². The quantitative estimate of drug-likeness (QED) is 0.793. The Balaban J connectivity index is 2.06. The maximum atomic E-state index is 11.7. The zero-order valence-corrected chi connectivity index (χ0v) is 12.2. The smallest absolute Gasteiger partial charge is 0.358 e. The topological polar surface area (TPSA) is 91.4 Å². The first-order valence-electron chi connectivity index (χ1n) is 6.42. The van der Waals surface area contributed by atoms with E-state index in [0.717, 1.165) is 0 Å². The highest BCUT2D eigenvalue weighted by atomic mass is 32.2. The molecule has 1 aliphatic heterocycles. The molecule has 1 aliphatic rings. The highest BCUT2D eigenvalue weighted by Gasteiger charge is 2.32. The van der Waals surface area contributed by atoms with Gasteiger partial charge in [-0.05, 0) is 18.6 Å². The van der Waals surface area contributed by atoms with Crippen molar-refractivity contribution in [3.8, 4) is 11.5 Å². The predicted molar refractivity (Wildman–Crippen MR) is 73.6 cm³/mol. The van der Waals surface area contributed by atoms with E-state index in [1.165, 1.54) is 13.4 Å². The number of carbonyl (C=O) groups is 1. The fourth-order valence-corrected chi connectivity index (χ4v) is 4.15. The van der Waals surface area contributed by atoms with Gasteiger partial charge in [-0.1, -0.05) is 0 Å². The van der Waals surface area contributed by atoms with Gasteiger partial charge >= 0.3 is 5.97 Å². The number of hydrogen-bond donors (Lipinski definition) is 0. The molecule has 1 atom stereocenters. The summed E-state index contributed by atoms with van der Waals surface area (Å²) in [6.07, 6.45) is 1.98. The van der Waals surface area contributed by atoms with E-state index in [4.69, 9.17) is 4.42 Å². The minimum Gasteiger partial charge on any atom is -0.464 e.